The van der Waals surface area contributed by atoms with Gasteiger partial charge in [0.1, 0.15) is 17.1 Å². The van der Waals surface area contributed by atoms with Crippen LogP contribution in [0.4, 0.5) is 0 Å². The Kier molecular flexibility index (Phi) is 1.41. The molecule has 0 bridgehead atoms. The Morgan fingerprint density at radius 3 is 2.93 bits per heavy atom. The smallest absolute Gasteiger partial charge is 0.349 e. The van der Waals surface area contributed by atoms with E-state index in [-0.39, 0.29) is 17.1 Å². The summed E-state index contributed by atoms with van der Waals surface area (Å²) in [5.41, 5.74) is -0.00653. The first-order valence-electron chi connectivity index (χ1n) is 5.92. The van der Waals surface area contributed by atoms with Crippen molar-refractivity contribution in [3.05, 3.63) is 23.8 Å². The topological polar surface area (TPSA) is 44.8 Å². The molecule has 1 aromatic rings. The summed E-state index contributed by atoms with van der Waals surface area (Å²) in [6.07, 6.45) is 0. The zero-order chi connectivity index (χ0) is 13.6. The zero-order valence-electron chi connectivity index (χ0n) is 11.4. The molecule has 1 heterocycles. The Morgan fingerprint density at radius 1 is 1.40 bits per heavy atom. The van der Waals surface area contributed by atoms with Gasteiger partial charge in [0.2, 0.25) is 5.79 Å². The number of hydrogen-bond acceptors (Lipinski definition) is 4. The maximum atomic E-state index is 11.8. The van der Waals surface area contributed by atoms with E-state index in [1.807, 2.05) is 0 Å². The molecule has 4 nitrogen and oxygen atoms in total. The first-order chi connectivity index (χ1) is 8.18. The highest BCUT2D eigenvalue weighted by Gasteiger charge is 2.35. The fraction of sp³-hybridized carbons (Fsp3) is 0.364. The number of carbonyl (C=O) groups is 1. The lowest BCUT2D eigenvalue weighted by Crippen LogP contribution is -2.38. The average molecular weight is 211 g/mol. The number of methoxy groups -OCH3 is 1. The van der Waals surface area contributed by atoms with Gasteiger partial charge in [-0.15, -0.1) is 0 Å². The third kappa shape index (κ3) is 1.63. The number of carbonyl (C=O) groups excluding carboxylic acids is 1. The molecule has 0 saturated heterocycles. The Hall–Kier alpha value is -1.71. The molecule has 1 aromatic carbocycles. The molecule has 0 aliphatic carbocycles. The molecule has 0 unspecified atom stereocenters. The highest BCUT2D eigenvalue weighted by atomic mass is 16.7. The van der Waals surface area contributed by atoms with Crippen molar-refractivity contribution in [3.8, 4) is 11.5 Å². The number of fused-ring (bicyclic) bond motifs is 1. The molecule has 4 heteroatoms. The van der Waals surface area contributed by atoms with Gasteiger partial charge in [0.05, 0.1) is 11.2 Å². The molecular formula is C11H12O4. The van der Waals surface area contributed by atoms with Crippen LogP contribution in [0, 0.1) is 0 Å². The van der Waals surface area contributed by atoms with E-state index in [2.05, 4.69) is 0 Å². The van der Waals surface area contributed by atoms with Crippen LogP contribution in [0.3, 0.4) is 0 Å². The van der Waals surface area contributed by atoms with E-state index in [1.165, 1.54) is 6.07 Å². The van der Waals surface area contributed by atoms with Crippen molar-refractivity contribution in [2.75, 3.05) is 7.04 Å². The molecule has 1 aliphatic heterocycles. The van der Waals surface area contributed by atoms with Crippen molar-refractivity contribution in [2.24, 2.45) is 0 Å². The highest BCUT2D eigenvalue weighted by Crippen LogP contribution is 2.36. The minimum absolute atomic E-state index is 0.00653. The van der Waals surface area contributed by atoms with Gasteiger partial charge in [-0.1, -0.05) is 6.07 Å². The second kappa shape index (κ2) is 3.15. The molecular weight excluding hydrogens is 196 g/mol. The second-order valence-corrected chi connectivity index (χ2v) is 3.62. The number of hydrogen-bond donors (Lipinski definition) is 0. The summed E-state index contributed by atoms with van der Waals surface area (Å²) in [5, 5.41) is 0. The van der Waals surface area contributed by atoms with E-state index in [9.17, 15) is 4.79 Å². The molecule has 0 saturated carbocycles. The van der Waals surface area contributed by atoms with Gasteiger partial charge in [0, 0.05) is 13.8 Å². The van der Waals surface area contributed by atoms with Crippen molar-refractivity contribution in [3.63, 3.8) is 0 Å². The minimum atomic E-state index is -2.64. The highest BCUT2D eigenvalue weighted by molar-refractivity contribution is 5.96. The predicted octanol–water partition coefficient (Wildman–Crippen LogP) is 1.98. The van der Waals surface area contributed by atoms with Crippen molar-refractivity contribution >= 4 is 5.97 Å². The Balaban J connectivity index is 2.45. The summed E-state index contributed by atoms with van der Waals surface area (Å²) in [7, 11) is -2.64. The lowest BCUT2D eigenvalue weighted by Gasteiger charge is -2.32. The predicted molar refractivity (Wildman–Crippen MR) is 53.1 cm³/mol. The molecule has 15 heavy (non-hydrogen) atoms. The molecule has 0 radical (unpaired) electrons. The third-order valence-corrected chi connectivity index (χ3v) is 2.00. The maximum absolute atomic E-state index is 11.8. The summed E-state index contributed by atoms with van der Waals surface area (Å²) in [6, 6.07) is 4.49. The van der Waals surface area contributed by atoms with Gasteiger partial charge >= 0.3 is 5.97 Å². The standard InChI is InChI=1S/C11H12O4/c1-11(2)14-8-6-4-5-7(13-3)9(8)10(12)15-11/h4-6H,1-3H3/i3D3. The number of benzene rings is 1. The Labute approximate surface area is 92.0 Å². The van der Waals surface area contributed by atoms with Crippen molar-refractivity contribution in [1.82, 2.24) is 0 Å². The van der Waals surface area contributed by atoms with E-state index in [1.54, 1.807) is 26.0 Å². The van der Waals surface area contributed by atoms with Crippen LogP contribution in [-0.2, 0) is 4.74 Å². The lowest BCUT2D eigenvalue weighted by atomic mass is 10.1. The fourth-order valence-corrected chi connectivity index (χ4v) is 1.44. The summed E-state index contributed by atoms with van der Waals surface area (Å²) < 4.78 is 36.4. The molecule has 0 fully saturated rings. The average Bonchev–Trinajstić information content (AvgIpc) is 2.11. The van der Waals surface area contributed by atoms with Crippen LogP contribution in [0.2, 0.25) is 0 Å². The fourth-order valence-electron chi connectivity index (χ4n) is 1.44. The first kappa shape index (κ1) is 6.71. The summed E-state index contributed by atoms with van der Waals surface area (Å²) >= 11 is 0. The maximum Gasteiger partial charge on any atom is 0.349 e. The first-order valence-corrected chi connectivity index (χ1v) is 4.42. The van der Waals surface area contributed by atoms with Crippen LogP contribution in [-0.4, -0.2) is 18.8 Å². The van der Waals surface area contributed by atoms with E-state index in [0.29, 0.717) is 0 Å². The largest absolute Gasteiger partial charge is 0.496 e. The zero-order valence-corrected chi connectivity index (χ0v) is 8.37. The van der Waals surface area contributed by atoms with Crippen molar-refractivity contribution in [2.45, 2.75) is 19.6 Å². The Bertz CT molecular complexity index is 494. The lowest BCUT2D eigenvalue weighted by molar-refractivity contribution is -0.127. The van der Waals surface area contributed by atoms with Crippen LogP contribution in [0.15, 0.2) is 18.2 Å². The number of esters is 1. The summed E-state index contributed by atoms with van der Waals surface area (Å²) in [4.78, 5) is 11.8. The van der Waals surface area contributed by atoms with E-state index >= 15 is 0 Å². The van der Waals surface area contributed by atoms with Crippen LogP contribution < -0.4 is 9.47 Å². The van der Waals surface area contributed by atoms with Gasteiger partial charge in [-0.3, -0.25) is 0 Å². The van der Waals surface area contributed by atoms with Gasteiger partial charge < -0.3 is 14.2 Å². The van der Waals surface area contributed by atoms with Gasteiger partial charge in [0.25, 0.3) is 0 Å². The number of ether oxygens (including phenoxy) is 3. The monoisotopic (exact) mass is 211 g/mol. The van der Waals surface area contributed by atoms with Gasteiger partial charge in [-0.05, 0) is 12.1 Å². The van der Waals surface area contributed by atoms with E-state index in [0.717, 1.165) is 0 Å². The minimum Gasteiger partial charge on any atom is -0.496 e. The third-order valence-electron chi connectivity index (χ3n) is 2.00. The molecule has 80 valence electrons. The number of cyclic esters (lactones) is 1. The van der Waals surface area contributed by atoms with Crippen LogP contribution in [0.25, 0.3) is 0 Å². The van der Waals surface area contributed by atoms with E-state index < -0.39 is 18.8 Å². The van der Waals surface area contributed by atoms with Crippen molar-refractivity contribution < 1.29 is 23.1 Å². The van der Waals surface area contributed by atoms with E-state index in [4.69, 9.17) is 18.3 Å². The van der Waals surface area contributed by atoms with Crippen LogP contribution in [0.1, 0.15) is 28.3 Å². The molecule has 0 amide bonds. The second-order valence-electron chi connectivity index (χ2n) is 3.62. The van der Waals surface area contributed by atoms with Crippen LogP contribution >= 0.6 is 0 Å². The summed E-state index contributed by atoms with van der Waals surface area (Å²) in [5.74, 6) is -1.57. The quantitative estimate of drug-likeness (QED) is 0.666. The summed E-state index contributed by atoms with van der Waals surface area (Å²) in [6.45, 7) is 3.18. The number of rotatable bonds is 1. The van der Waals surface area contributed by atoms with Gasteiger partial charge in [-0.2, -0.15) is 0 Å². The molecule has 0 aromatic heterocycles. The molecule has 0 spiro atoms. The molecule has 2 rings (SSSR count). The normalized spacial score (nSPS) is 21.2. The molecule has 1 aliphatic rings. The molecule has 0 N–H and O–H groups in total. The molecule has 0 atom stereocenters. The van der Waals surface area contributed by atoms with Crippen molar-refractivity contribution in [1.29, 1.82) is 0 Å². The van der Waals surface area contributed by atoms with Gasteiger partial charge in [0.15, 0.2) is 0 Å². The van der Waals surface area contributed by atoms with Crippen LogP contribution in [0.5, 0.6) is 11.5 Å². The Morgan fingerprint density at radius 2 is 2.20 bits per heavy atom. The SMILES string of the molecule is [2H]C([2H])([2H])Oc1cccc2c1C(=O)OC(C)(C)O2. The van der Waals surface area contributed by atoms with Gasteiger partial charge in [-0.25, -0.2) is 4.79 Å².